The third-order valence-electron chi connectivity index (χ3n) is 7.24. The molecular weight excluding hydrogens is 386 g/mol. The molecule has 4 atom stereocenters. The fourth-order valence-corrected chi connectivity index (χ4v) is 6.46. The molecular formula is C26H45N3S. The second-order valence-electron chi connectivity index (χ2n) is 8.48. The van der Waals surface area contributed by atoms with Gasteiger partial charge in [0, 0.05) is 30.6 Å². The van der Waals surface area contributed by atoms with Gasteiger partial charge in [0.2, 0.25) is 0 Å². The van der Waals surface area contributed by atoms with Crippen LogP contribution < -0.4 is 4.90 Å². The highest BCUT2D eigenvalue weighted by atomic mass is 32.1. The Labute approximate surface area is 191 Å². The molecule has 1 aromatic rings. The van der Waals surface area contributed by atoms with Gasteiger partial charge in [0.25, 0.3) is 0 Å². The third-order valence-corrected chi connectivity index (χ3v) is 7.81. The summed E-state index contributed by atoms with van der Waals surface area (Å²) in [7, 11) is 2.22. The third kappa shape index (κ3) is 3.79. The highest BCUT2D eigenvalue weighted by molar-refractivity contribution is 7.80. The van der Waals surface area contributed by atoms with Gasteiger partial charge < -0.3 is 9.80 Å². The van der Waals surface area contributed by atoms with Crippen molar-refractivity contribution in [1.82, 2.24) is 9.80 Å². The standard InChI is InChI=1S/C20H27N3S.3C2H6/c1-20(2)21(3)19(24)15-8-6-11-22-12-10-14-13-7-4-5-9-16(13)23(20)18(14)17(15)22;3*1-2/h4-5,7,9,14-15,17-18H,6,8,10-12H2,1-3H3;3*1-2H3. The van der Waals surface area contributed by atoms with Crippen molar-refractivity contribution in [2.45, 2.75) is 98.3 Å². The minimum Gasteiger partial charge on any atom is -0.346 e. The molecule has 1 aromatic carbocycles. The van der Waals surface area contributed by atoms with Crippen LogP contribution in [0, 0.1) is 5.92 Å². The molecule has 0 spiro atoms. The molecule has 4 aliphatic heterocycles. The van der Waals surface area contributed by atoms with Gasteiger partial charge in [-0.3, -0.25) is 4.90 Å². The Hall–Kier alpha value is -1.13. The molecule has 0 N–H and O–H groups in total. The molecule has 170 valence electrons. The fraction of sp³-hybridized carbons (Fsp3) is 0.731. The molecule has 4 aliphatic rings. The summed E-state index contributed by atoms with van der Waals surface area (Å²) in [5, 5.41) is 0. The lowest BCUT2D eigenvalue weighted by Gasteiger charge is -2.52. The van der Waals surface area contributed by atoms with Gasteiger partial charge in [-0.2, -0.15) is 0 Å². The lowest BCUT2D eigenvalue weighted by Crippen LogP contribution is -2.63. The monoisotopic (exact) mass is 431 g/mol. The number of piperidine rings is 2. The first-order valence-electron chi connectivity index (χ1n) is 12.4. The van der Waals surface area contributed by atoms with Crippen LogP contribution in [0.25, 0.3) is 0 Å². The van der Waals surface area contributed by atoms with Crippen molar-refractivity contribution in [2.75, 3.05) is 25.0 Å². The zero-order valence-electron chi connectivity index (χ0n) is 20.9. The second kappa shape index (κ2) is 10.5. The quantitative estimate of drug-likeness (QED) is 0.432. The molecule has 4 heterocycles. The van der Waals surface area contributed by atoms with E-state index in [-0.39, 0.29) is 5.66 Å². The Balaban J connectivity index is 0.000000493. The summed E-state index contributed by atoms with van der Waals surface area (Å²) in [6.07, 6.45) is 3.84. The molecule has 4 unspecified atom stereocenters. The van der Waals surface area contributed by atoms with E-state index in [2.05, 4.69) is 59.9 Å². The molecule has 3 fully saturated rings. The zero-order valence-corrected chi connectivity index (χ0v) is 21.7. The van der Waals surface area contributed by atoms with Crippen LogP contribution in [0.2, 0.25) is 0 Å². The van der Waals surface area contributed by atoms with Crippen LogP contribution in [-0.4, -0.2) is 52.7 Å². The smallest absolute Gasteiger partial charge is 0.107 e. The van der Waals surface area contributed by atoms with Crippen molar-refractivity contribution in [3.63, 3.8) is 0 Å². The molecule has 4 heteroatoms. The van der Waals surface area contributed by atoms with Crippen LogP contribution >= 0.6 is 12.2 Å². The van der Waals surface area contributed by atoms with Gasteiger partial charge in [-0.25, -0.2) is 0 Å². The van der Waals surface area contributed by atoms with E-state index in [1.807, 2.05) is 41.5 Å². The molecule has 0 amide bonds. The second-order valence-corrected chi connectivity index (χ2v) is 8.90. The SMILES string of the molecule is CC.CC.CC.CN1C(=S)C2CCCN3CCC4c5ccccc5N(C4C23)C1(C)C. The number of hydrogen-bond donors (Lipinski definition) is 0. The van der Waals surface area contributed by atoms with Crippen LogP contribution in [0.4, 0.5) is 5.69 Å². The number of para-hydroxylation sites is 1. The van der Waals surface area contributed by atoms with E-state index in [1.54, 1.807) is 5.56 Å². The predicted molar refractivity (Wildman–Crippen MR) is 137 cm³/mol. The zero-order chi connectivity index (χ0) is 22.6. The average molecular weight is 432 g/mol. The lowest BCUT2D eigenvalue weighted by molar-refractivity contribution is 0.0586. The first-order valence-corrected chi connectivity index (χ1v) is 12.8. The van der Waals surface area contributed by atoms with Crippen molar-refractivity contribution >= 4 is 22.9 Å². The normalized spacial score (nSPS) is 30.2. The van der Waals surface area contributed by atoms with Crippen molar-refractivity contribution in [1.29, 1.82) is 0 Å². The number of nitrogens with zero attached hydrogens (tertiary/aromatic N) is 3. The van der Waals surface area contributed by atoms with E-state index in [4.69, 9.17) is 12.2 Å². The Bertz CT molecular complexity index is 701. The molecule has 3 saturated heterocycles. The Morgan fingerprint density at radius 3 is 2.17 bits per heavy atom. The van der Waals surface area contributed by atoms with Gasteiger partial charge in [-0.1, -0.05) is 72.0 Å². The lowest BCUT2D eigenvalue weighted by atomic mass is 9.75. The van der Waals surface area contributed by atoms with E-state index in [0.717, 1.165) is 0 Å². The van der Waals surface area contributed by atoms with Gasteiger partial charge in [0.05, 0.1) is 11.0 Å². The Morgan fingerprint density at radius 1 is 0.867 bits per heavy atom. The average Bonchev–Trinajstić information content (AvgIpc) is 3.14. The molecule has 5 rings (SSSR count). The van der Waals surface area contributed by atoms with Crippen molar-refractivity contribution in [3.8, 4) is 0 Å². The van der Waals surface area contributed by atoms with Crippen molar-refractivity contribution in [2.24, 2.45) is 5.92 Å². The molecule has 0 aromatic heterocycles. The number of benzene rings is 1. The number of rotatable bonds is 0. The maximum Gasteiger partial charge on any atom is 0.107 e. The van der Waals surface area contributed by atoms with Gasteiger partial charge >= 0.3 is 0 Å². The van der Waals surface area contributed by atoms with Gasteiger partial charge in [0.1, 0.15) is 5.66 Å². The van der Waals surface area contributed by atoms with Gasteiger partial charge in [-0.05, 0) is 57.8 Å². The van der Waals surface area contributed by atoms with E-state index < -0.39 is 0 Å². The molecule has 3 nitrogen and oxygen atoms in total. The highest BCUT2D eigenvalue weighted by Gasteiger charge is 2.58. The summed E-state index contributed by atoms with van der Waals surface area (Å²) in [5.74, 6) is 1.20. The van der Waals surface area contributed by atoms with E-state index >= 15 is 0 Å². The molecule has 0 radical (unpaired) electrons. The maximum absolute atomic E-state index is 6.03. The highest BCUT2D eigenvalue weighted by Crippen LogP contribution is 2.54. The van der Waals surface area contributed by atoms with E-state index in [0.29, 0.717) is 23.9 Å². The first kappa shape index (κ1) is 25.1. The van der Waals surface area contributed by atoms with Gasteiger partial charge in [0.15, 0.2) is 0 Å². The summed E-state index contributed by atoms with van der Waals surface area (Å²) in [4.78, 5) is 9.06. The maximum atomic E-state index is 6.03. The van der Waals surface area contributed by atoms with Crippen LogP contribution in [0.15, 0.2) is 24.3 Å². The number of anilines is 1. The van der Waals surface area contributed by atoms with E-state index in [1.165, 1.54) is 43.0 Å². The fourth-order valence-electron chi connectivity index (χ4n) is 5.98. The predicted octanol–water partition coefficient (Wildman–Crippen LogP) is 6.53. The number of thiocarbonyl (C=S) groups is 1. The molecule has 0 aliphatic carbocycles. The minimum absolute atomic E-state index is 0.0764. The largest absolute Gasteiger partial charge is 0.346 e. The summed E-state index contributed by atoms with van der Waals surface area (Å²) < 4.78 is 0. The first-order chi connectivity index (χ1) is 14.5. The number of hydrogen-bond acceptors (Lipinski definition) is 3. The summed E-state index contributed by atoms with van der Waals surface area (Å²) in [6, 6.07) is 10.3. The molecule has 0 bridgehead atoms. The van der Waals surface area contributed by atoms with Crippen molar-refractivity contribution in [3.05, 3.63) is 29.8 Å². The van der Waals surface area contributed by atoms with Crippen LogP contribution in [-0.2, 0) is 0 Å². The van der Waals surface area contributed by atoms with Crippen LogP contribution in [0.5, 0.6) is 0 Å². The van der Waals surface area contributed by atoms with Crippen LogP contribution in [0.3, 0.4) is 0 Å². The van der Waals surface area contributed by atoms with E-state index in [9.17, 15) is 0 Å². The minimum atomic E-state index is -0.0764. The summed E-state index contributed by atoms with van der Waals surface area (Å²) >= 11 is 6.03. The topological polar surface area (TPSA) is 9.72 Å². The summed E-state index contributed by atoms with van der Waals surface area (Å²) in [6.45, 7) is 19.2. The Morgan fingerprint density at radius 2 is 1.50 bits per heavy atom. The molecule has 30 heavy (non-hydrogen) atoms. The summed E-state index contributed by atoms with van der Waals surface area (Å²) in [5.41, 5.74) is 2.94. The van der Waals surface area contributed by atoms with Gasteiger partial charge in [-0.15, -0.1) is 0 Å². The van der Waals surface area contributed by atoms with Crippen LogP contribution in [0.1, 0.15) is 86.1 Å². The molecule has 0 saturated carbocycles. The van der Waals surface area contributed by atoms with Crippen molar-refractivity contribution < 1.29 is 0 Å². The number of fused-ring (bicyclic) bond motifs is 3. The Kier molecular flexibility index (Phi) is 8.76.